The smallest absolute Gasteiger partial charge is 0.372 e. The molecule has 0 spiro atoms. The van der Waals surface area contributed by atoms with Crippen LogP contribution < -0.4 is 5.73 Å². The van der Waals surface area contributed by atoms with E-state index >= 15 is 0 Å². The zero-order valence-electron chi connectivity index (χ0n) is 1.86. The van der Waals surface area contributed by atoms with Crippen molar-refractivity contribution in [1.82, 2.24) is 0 Å². The van der Waals surface area contributed by atoms with E-state index in [9.17, 15) is 0 Å². The van der Waals surface area contributed by atoms with E-state index in [4.69, 9.17) is 4.79 Å². The van der Waals surface area contributed by atoms with Crippen molar-refractivity contribution in [3.63, 3.8) is 0 Å². The van der Waals surface area contributed by atoms with E-state index in [2.05, 4.69) is 5.73 Å². The number of primary amides is 1. The summed E-state index contributed by atoms with van der Waals surface area (Å²) in [4.78, 5) is 8.58. The number of amides is 1. The van der Waals surface area contributed by atoms with Crippen LogP contribution in [0.4, 0.5) is 0 Å². The van der Waals surface area contributed by atoms with Crippen LogP contribution in [0.1, 0.15) is 0 Å². The first kappa shape index (κ1) is 9.01. The van der Waals surface area contributed by atoms with E-state index in [1.165, 1.54) is 0 Å². The summed E-state index contributed by atoms with van der Waals surface area (Å²) in [6.45, 7) is 0. The van der Waals surface area contributed by atoms with Gasteiger partial charge in [-0.15, -0.1) is 0 Å². The molecule has 0 aromatic rings. The van der Waals surface area contributed by atoms with Crippen molar-refractivity contribution in [1.29, 1.82) is 0 Å². The minimum Gasteiger partial charge on any atom is -0.372 e. The number of carbonyl (C=O) groups is 1. The van der Waals surface area contributed by atoms with Crippen molar-refractivity contribution in [2.45, 2.75) is 0 Å². The summed E-state index contributed by atoms with van der Waals surface area (Å²) in [5, 5.41) is 0. The standard InChI is InChI=1S/CH3NO.Cu/c2-1-3;/h1H,(H2,2,3);/q;+1. The van der Waals surface area contributed by atoms with Crippen LogP contribution in [0.25, 0.3) is 0 Å². The van der Waals surface area contributed by atoms with Gasteiger partial charge in [-0.1, -0.05) is 0 Å². The summed E-state index contributed by atoms with van der Waals surface area (Å²) in [5.41, 5.74) is 4.17. The summed E-state index contributed by atoms with van der Waals surface area (Å²) in [6.07, 6.45) is 0.250. The van der Waals surface area contributed by atoms with Crippen LogP contribution in [-0.4, -0.2) is 6.41 Å². The van der Waals surface area contributed by atoms with Crippen molar-refractivity contribution >= 4 is 6.41 Å². The molecule has 0 aliphatic rings. The second-order valence-corrected chi connectivity index (χ2v) is 0.136. The number of rotatable bonds is 0. The molecule has 28 valence electrons. The number of nitrogens with two attached hydrogens (primary N) is 1. The van der Waals surface area contributed by atoms with E-state index in [0.29, 0.717) is 0 Å². The molecule has 0 fully saturated rings. The van der Waals surface area contributed by atoms with Crippen molar-refractivity contribution < 1.29 is 21.9 Å². The predicted molar refractivity (Wildman–Crippen MR) is 10.3 cm³/mol. The van der Waals surface area contributed by atoms with Crippen LogP contribution in [0.5, 0.6) is 0 Å². The van der Waals surface area contributed by atoms with Gasteiger partial charge in [-0.3, -0.25) is 4.79 Å². The molecule has 0 aromatic carbocycles. The average Bonchev–Trinajstić information content (AvgIpc) is 0.918. The van der Waals surface area contributed by atoms with E-state index in [-0.39, 0.29) is 23.5 Å². The summed E-state index contributed by atoms with van der Waals surface area (Å²) in [5.74, 6) is 0. The van der Waals surface area contributed by atoms with Crippen LogP contribution in [0.2, 0.25) is 0 Å². The Morgan fingerprint density at radius 2 is 1.75 bits per heavy atom. The van der Waals surface area contributed by atoms with Gasteiger partial charge in [0.05, 0.1) is 0 Å². The minimum absolute atomic E-state index is 0. The Labute approximate surface area is 34.8 Å². The minimum atomic E-state index is 0. The van der Waals surface area contributed by atoms with Gasteiger partial charge in [0.15, 0.2) is 0 Å². The topological polar surface area (TPSA) is 43.1 Å². The molecular formula is CH3CuNO+. The SMILES string of the molecule is NC=O.[Cu+]. The average molecular weight is 109 g/mol. The van der Waals surface area contributed by atoms with E-state index in [0.717, 1.165) is 0 Å². The molecule has 0 saturated heterocycles. The Hall–Kier alpha value is -0.0105. The van der Waals surface area contributed by atoms with Crippen LogP contribution in [0.15, 0.2) is 0 Å². The molecule has 0 rings (SSSR count). The van der Waals surface area contributed by atoms with Gasteiger partial charge in [0.1, 0.15) is 0 Å². The molecule has 0 aliphatic carbocycles. The molecule has 0 aromatic heterocycles. The molecule has 0 unspecified atom stereocenters. The maximum absolute atomic E-state index is 8.58. The Morgan fingerprint density at radius 3 is 1.75 bits per heavy atom. The first-order valence-electron chi connectivity index (χ1n) is 0.569. The number of carbonyl (C=O) groups excluding carboxylic acids is 1. The monoisotopic (exact) mass is 108 g/mol. The van der Waals surface area contributed by atoms with Crippen molar-refractivity contribution in [2.75, 3.05) is 0 Å². The van der Waals surface area contributed by atoms with E-state index in [1.807, 2.05) is 0 Å². The van der Waals surface area contributed by atoms with E-state index in [1.54, 1.807) is 0 Å². The fourth-order valence-electron chi connectivity index (χ4n) is 0. The third-order valence-corrected chi connectivity index (χ3v) is 0. The van der Waals surface area contributed by atoms with Gasteiger partial charge in [0, 0.05) is 0 Å². The molecule has 0 radical (unpaired) electrons. The molecule has 2 nitrogen and oxygen atoms in total. The number of hydrogen-bond donors (Lipinski definition) is 1. The van der Waals surface area contributed by atoms with Gasteiger partial charge < -0.3 is 5.73 Å². The van der Waals surface area contributed by atoms with Crippen LogP contribution in [0.3, 0.4) is 0 Å². The molecular weight excluding hydrogens is 106 g/mol. The molecule has 0 bridgehead atoms. The quantitative estimate of drug-likeness (QED) is 0.317. The van der Waals surface area contributed by atoms with Gasteiger partial charge in [-0.25, -0.2) is 0 Å². The summed E-state index contributed by atoms with van der Waals surface area (Å²) >= 11 is 0. The Morgan fingerprint density at radius 1 is 1.75 bits per heavy atom. The largest absolute Gasteiger partial charge is 1.00 e. The molecule has 1 amide bonds. The van der Waals surface area contributed by atoms with Crippen LogP contribution in [-0.2, 0) is 21.9 Å². The van der Waals surface area contributed by atoms with E-state index < -0.39 is 0 Å². The summed E-state index contributed by atoms with van der Waals surface area (Å²) in [7, 11) is 0. The molecule has 3 heteroatoms. The van der Waals surface area contributed by atoms with Crippen LogP contribution >= 0.6 is 0 Å². The van der Waals surface area contributed by atoms with Gasteiger partial charge in [0.25, 0.3) is 0 Å². The maximum Gasteiger partial charge on any atom is 1.00 e. The third-order valence-electron chi connectivity index (χ3n) is 0. The van der Waals surface area contributed by atoms with Crippen molar-refractivity contribution in [3.8, 4) is 0 Å². The predicted octanol–water partition coefficient (Wildman–Crippen LogP) is -0.901. The van der Waals surface area contributed by atoms with Crippen molar-refractivity contribution in [2.24, 2.45) is 5.73 Å². The first-order chi connectivity index (χ1) is 1.41. The summed E-state index contributed by atoms with van der Waals surface area (Å²) < 4.78 is 0. The number of hydrogen-bond acceptors (Lipinski definition) is 1. The van der Waals surface area contributed by atoms with Gasteiger partial charge in [-0.2, -0.15) is 0 Å². The van der Waals surface area contributed by atoms with Gasteiger partial charge >= 0.3 is 17.1 Å². The fourth-order valence-corrected chi connectivity index (χ4v) is 0. The molecule has 0 aliphatic heterocycles. The third kappa shape index (κ3) is 17600. The zero-order valence-corrected chi connectivity index (χ0v) is 2.81. The second-order valence-electron chi connectivity index (χ2n) is 0.136. The Kier molecular flexibility index (Phi) is 27.2. The second kappa shape index (κ2) is 12.1. The molecule has 0 atom stereocenters. The van der Waals surface area contributed by atoms with Gasteiger partial charge in [-0.05, 0) is 0 Å². The normalized spacial score (nSPS) is 3.00. The molecule has 4 heavy (non-hydrogen) atoms. The van der Waals surface area contributed by atoms with Crippen LogP contribution in [0, 0.1) is 0 Å². The summed E-state index contributed by atoms with van der Waals surface area (Å²) in [6, 6.07) is 0. The molecule has 0 heterocycles. The van der Waals surface area contributed by atoms with Gasteiger partial charge in [0.2, 0.25) is 6.41 Å². The Balaban J connectivity index is 0. The maximum atomic E-state index is 8.58. The first-order valence-corrected chi connectivity index (χ1v) is 0.569. The Bertz CT molecular complexity index is 15.5. The molecule has 0 saturated carbocycles. The van der Waals surface area contributed by atoms with Crippen molar-refractivity contribution in [3.05, 3.63) is 0 Å². The fraction of sp³-hybridized carbons (Fsp3) is 0. The zero-order chi connectivity index (χ0) is 2.71. The molecule has 2 N–H and O–H groups in total.